The van der Waals surface area contributed by atoms with Crippen molar-refractivity contribution in [1.29, 1.82) is 0 Å². The van der Waals surface area contributed by atoms with E-state index in [-0.39, 0.29) is 12.0 Å². The first kappa shape index (κ1) is 16.2. The number of hydrogen-bond acceptors (Lipinski definition) is 4. The van der Waals surface area contributed by atoms with Crippen LogP contribution in [0.1, 0.15) is 41.1 Å². The van der Waals surface area contributed by atoms with Gasteiger partial charge in [-0.05, 0) is 49.7 Å². The standard InChI is InChI=1S/C20H24N2O3/c23-20(21-13-17-12-15-6-2-3-7-18(15)25-17)19-9-8-16(24-19)14-22-10-4-1-5-11-22/h2-3,6-9,17H,1,4-5,10-14H2,(H,21,23). The highest BCUT2D eigenvalue weighted by molar-refractivity contribution is 5.91. The van der Waals surface area contributed by atoms with Crippen LogP contribution in [0.4, 0.5) is 0 Å². The molecule has 4 rings (SSSR count). The molecule has 0 spiro atoms. The predicted octanol–water partition coefficient (Wildman–Crippen LogP) is 3.00. The van der Waals surface area contributed by atoms with Gasteiger partial charge < -0.3 is 14.5 Å². The summed E-state index contributed by atoms with van der Waals surface area (Å²) in [5, 5.41) is 2.92. The van der Waals surface area contributed by atoms with Crippen LogP contribution >= 0.6 is 0 Å². The van der Waals surface area contributed by atoms with Crippen molar-refractivity contribution in [2.75, 3.05) is 19.6 Å². The minimum atomic E-state index is -0.176. The van der Waals surface area contributed by atoms with Crippen molar-refractivity contribution in [3.8, 4) is 5.75 Å². The van der Waals surface area contributed by atoms with Crippen molar-refractivity contribution in [1.82, 2.24) is 10.2 Å². The molecule has 0 bridgehead atoms. The van der Waals surface area contributed by atoms with Crippen molar-refractivity contribution >= 4 is 5.91 Å². The van der Waals surface area contributed by atoms with E-state index in [1.807, 2.05) is 24.3 Å². The molecule has 1 atom stereocenters. The molecule has 0 radical (unpaired) electrons. The fourth-order valence-corrected chi connectivity index (χ4v) is 3.58. The van der Waals surface area contributed by atoms with Gasteiger partial charge in [-0.2, -0.15) is 0 Å². The number of piperidine rings is 1. The number of fused-ring (bicyclic) bond motifs is 1. The first-order valence-corrected chi connectivity index (χ1v) is 9.12. The maximum absolute atomic E-state index is 12.3. The number of nitrogens with zero attached hydrogens (tertiary/aromatic N) is 1. The summed E-state index contributed by atoms with van der Waals surface area (Å²) in [5.41, 5.74) is 1.20. The lowest BCUT2D eigenvalue weighted by Crippen LogP contribution is -2.34. The molecule has 1 amide bonds. The van der Waals surface area contributed by atoms with Crippen LogP contribution in [0.25, 0.3) is 0 Å². The SMILES string of the molecule is O=C(NCC1Cc2ccccc2O1)c1ccc(CN2CCCCC2)o1. The summed E-state index contributed by atoms with van der Waals surface area (Å²) in [6, 6.07) is 11.7. The highest BCUT2D eigenvalue weighted by Crippen LogP contribution is 2.27. The minimum absolute atomic E-state index is 0.0101. The normalized spacial score (nSPS) is 20.1. The first-order valence-electron chi connectivity index (χ1n) is 9.12. The quantitative estimate of drug-likeness (QED) is 0.909. The average molecular weight is 340 g/mol. The van der Waals surface area contributed by atoms with E-state index in [1.54, 1.807) is 6.07 Å². The molecule has 25 heavy (non-hydrogen) atoms. The Morgan fingerprint density at radius 3 is 2.80 bits per heavy atom. The summed E-state index contributed by atoms with van der Waals surface area (Å²) in [7, 11) is 0. The predicted molar refractivity (Wildman–Crippen MR) is 94.7 cm³/mol. The fraction of sp³-hybridized carbons (Fsp3) is 0.450. The molecule has 2 aliphatic rings. The van der Waals surface area contributed by atoms with Crippen LogP contribution in [-0.2, 0) is 13.0 Å². The molecule has 3 heterocycles. The zero-order valence-corrected chi connectivity index (χ0v) is 14.4. The Labute approximate surface area is 148 Å². The van der Waals surface area contributed by atoms with Gasteiger partial charge in [-0.15, -0.1) is 0 Å². The third-order valence-corrected chi connectivity index (χ3v) is 4.92. The van der Waals surface area contributed by atoms with Crippen molar-refractivity contribution in [3.05, 3.63) is 53.5 Å². The molecule has 1 N–H and O–H groups in total. The maximum atomic E-state index is 12.3. The number of nitrogens with one attached hydrogen (secondary N) is 1. The van der Waals surface area contributed by atoms with Gasteiger partial charge in [0.05, 0.1) is 13.1 Å². The Hall–Kier alpha value is -2.27. The van der Waals surface area contributed by atoms with Crippen LogP contribution in [0.15, 0.2) is 40.8 Å². The number of hydrogen-bond donors (Lipinski definition) is 1. The number of furan rings is 1. The van der Waals surface area contributed by atoms with Crippen LogP contribution in [-0.4, -0.2) is 36.5 Å². The molecule has 5 nitrogen and oxygen atoms in total. The molecule has 1 aromatic heterocycles. The second-order valence-corrected chi connectivity index (χ2v) is 6.86. The molecular formula is C20H24N2O3. The number of likely N-dealkylation sites (tertiary alicyclic amines) is 1. The number of carbonyl (C=O) groups is 1. The van der Waals surface area contributed by atoms with Crippen LogP contribution in [0.3, 0.4) is 0 Å². The van der Waals surface area contributed by atoms with Gasteiger partial charge in [0.15, 0.2) is 5.76 Å². The van der Waals surface area contributed by atoms with Crippen LogP contribution < -0.4 is 10.1 Å². The molecule has 1 saturated heterocycles. The Morgan fingerprint density at radius 2 is 1.96 bits per heavy atom. The van der Waals surface area contributed by atoms with E-state index >= 15 is 0 Å². The zero-order chi connectivity index (χ0) is 17.1. The van der Waals surface area contributed by atoms with Crippen LogP contribution in [0, 0.1) is 0 Å². The second kappa shape index (κ2) is 7.31. The van der Waals surface area contributed by atoms with E-state index in [0.717, 1.165) is 37.6 Å². The minimum Gasteiger partial charge on any atom is -0.488 e. The smallest absolute Gasteiger partial charge is 0.287 e. The van der Waals surface area contributed by atoms with E-state index < -0.39 is 0 Å². The van der Waals surface area contributed by atoms with E-state index in [4.69, 9.17) is 9.15 Å². The molecule has 0 saturated carbocycles. The van der Waals surface area contributed by atoms with Gasteiger partial charge in [0.2, 0.25) is 0 Å². The van der Waals surface area contributed by atoms with Gasteiger partial charge in [0, 0.05) is 6.42 Å². The Morgan fingerprint density at radius 1 is 1.12 bits per heavy atom. The third kappa shape index (κ3) is 3.87. The largest absolute Gasteiger partial charge is 0.488 e. The summed E-state index contributed by atoms with van der Waals surface area (Å²) in [6.07, 6.45) is 4.63. The van der Waals surface area contributed by atoms with Gasteiger partial charge >= 0.3 is 0 Å². The highest BCUT2D eigenvalue weighted by atomic mass is 16.5. The molecule has 1 aromatic carbocycles. The molecule has 2 aliphatic heterocycles. The Bertz CT molecular complexity index is 709. The number of ether oxygens (including phenoxy) is 1. The number of rotatable bonds is 5. The van der Waals surface area contributed by atoms with Gasteiger partial charge in [0.25, 0.3) is 5.91 Å². The summed E-state index contributed by atoms with van der Waals surface area (Å²) >= 11 is 0. The topological polar surface area (TPSA) is 54.7 Å². The number of amides is 1. The summed E-state index contributed by atoms with van der Waals surface area (Å²) in [6.45, 7) is 3.49. The molecule has 1 fully saturated rings. The van der Waals surface area contributed by atoms with Gasteiger partial charge in [-0.25, -0.2) is 0 Å². The lowest BCUT2D eigenvalue weighted by Gasteiger charge is -2.25. The van der Waals surface area contributed by atoms with E-state index in [9.17, 15) is 4.79 Å². The fourth-order valence-electron chi connectivity index (χ4n) is 3.58. The Balaban J connectivity index is 1.27. The summed E-state index contributed by atoms with van der Waals surface area (Å²) < 4.78 is 11.6. The van der Waals surface area contributed by atoms with Crippen molar-refractivity contribution in [2.24, 2.45) is 0 Å². The van der Waals surface area contributed by atoms with Crippen molar-refractivity contribution < 1.29 is 13.9 Å². The first-order chi connectivity index (χ1) is 12.3. The monoisotopic (exact) mass is 340 g/mol. The average Bonchev–Trinajstić information content (AvgIpc) is 3.27. The molecule has 132 valence electrons. The lowest BCUT2D eigenvalue weighted by atomic mass is 10.1. The van der Waals surface area contributed by atoms with Gasteiger partial charge in [-0.1, -0.05) is 24.6 Å². The van der Waals surface area contributed by atoms with Crippen LogP contribution in [0.2, 0.25) is 0 Å². The third-order valence-electron chi connectivity index (χ3n) is 4.92. The summed E-state index contributed by atoms with van der Waals surface area (Å²) in [5.74, 6) is 1.98. The number of para-hydroxylation sites is 1. The molecule has 0 aliphatic carbocycles. The molecule has 1 unspecified atom stereocenters. The van der Waals surface area contributed by atoms with E-state index in [2.05, 4.69) is 16.3 Å². The highest BCUT2D eigenvalue weighted by Gasteiger charge is 2.23. The lowest BCUT2D eigenvalue weighted by molar-refractivity contribution is 0.0901. The Kier molecular flexibility index (Phi) is 4.74. The molecule has 5 heteroatoms. The van der Waals surface area contributed by atoms with Crippen molar-refractivity contribution in [2.45, 2.75) is 38.3 Å². The second-order valence-electron chi connectivity index (χ2n) is 6.86. The maximum Gasteiger partial charge on any atom is 0.287 e. The van der Waals surface area contributed by atoms with E-state index in [0.29, 0.717) is 12.3 Å². The molecule has 2 aromatic rings. The molecular weight excluding hydrogens is 316 g/mol. The summed E-state index contributed by atoms with van der Waals surface area (Å²) in [4.78, 5) is 14.7. The zero-order valence-electron chi connectivity index (χ0n) is 14.4. The number of carbonyl (C=O) groups excluding carboxylic acids is 1. The van der Waals surface area contributed by atoms with Gasteiger partial charge in [-0.3, -0.25) is 9.69 Å². The van der Waals surface area contributed by atoms with Crippen LogP contribution in [0.5, 0.6) is 5.75 Å². The number of benzene rings is 1. The van der Waals surface area contributed by atoms with E-state index in [1.165, 1.54) is 24.8 Å². The van der Waals surface area contributed by atoms with Gasteiger partial charge in [0.1, 0.15) is 17.6 Å². The van der Waals surface area contributed by atoms with Crippen molar-refractivity contribution in [3.63, 3.8) is 0 Å².